The summed E-state index contributed by atoms with van der Waals surface area (Å²) in [5, 5.41) is 12.7. The first-order valence-electron chi connectivity index (χ1n) is 5.52. The summed E-state index contributed by atoms with van der Waals surface area (Å²) in [7, 11) is 1.56. The van der Waals surface area contributed by atoms with Crippen molar-refractivity contribution in [1.29, 1.82) is 0 Å². The monoisotopic (exact) mass is 243 g/mol. The van der Waals surface area contributed by atoms with E-state index in [0.29, 0.717) is 5.75 Å². The summed E-state index contributed by atoms with van der Waals surface area (Å²) in [6.45, 7) is 1.47. The van der Waals surface area contributed by atoms with Gasteiger partial charge < -0.3 is 4.74 Å². The molecule has 0 saturated carbocycles. The molecule has 2 aromatic carbocycles. The molecule has 0 aliphatic heterocycles. The molecule has 92 valence electrons. The smallest absolute Gasteiger partial charge is 0.243 e. The van der Waals surface area contributed by atoms with Gasteiger partial charge in [0, 0.05) is 18.6 Å². The minimum Gasteiger partial charge on any atom is -0.496 e. The van der Waals surface area contributed by atoms with Crippen LogP contribution in [0.25, 0.3) is 16.8 Å². The Labute approximate surface area is 105 Å². The van der Waals surface area contributed by atoms with E-state index in [1.807, 2.05) is 36.4 Å². The predicted octanol–water partition coefficient (Wildman–Crippen LogP) is 3.49. The van der Waals surface area contributed by atoms with Crippen molar-refractivity contribution in [2.45, 2.75) is 6.92 Å². The number of allylic oxidation sites excluding steroid dienone is 1. The third-order valence-electron chi connectivity index (χ3n) is 2.79. The molecule has 0 bridgehead atoms. The molecule has 4 heteroatoms. The van der Waals surface area contributed by atoms with Crippen LogP contribution in [0.2, 0.25) is 0 Å². The number of benzene rings is 2. The number of hydrogen-bond donors (Lipinski definition) is 0. The number of rotatable bonds is 3. The van der Waals surface area contributed by atoms with Crippen molar-refractivity contribution in [2.75, 3.05) is 7.11 Å². The third kappa shape index (κ3) is 2.18. The first-order chi connectivity index (χ1) is 8.63. The van der Waals surface area contributed by atoms with Crippen LogP contribution in [0.4, 0.5) is 0 Å². The lowest BCUT2D eigenvalue weighted by Crippen LogP contribution is -1.95. The highest BCUT2D eigenvalue weighted by Gasteiger charge is 2.10. The maximum atomic E-state index is 10.7. The summed E-state index contributed by atoms with van der Waals surface area (Å²) in [6.07, 6.45) is 1.54. The Morgan fingerprint density at radius 2 is 2.00 bits per heavy atom. The molecule has 18 heavy (non-hydrogen) atoms. The average molecular weight is 243 g/mol. The zero-order valence-electron chi connectivity index (χ0n) is 10.2. The van der Waals surface area contributed by atoms with Crippen LogP contribution in [0.5, 0.6) is 5.75 Å². The molecule has 0 heterocycles. The summed E-state index contributed by atoms with van der Waals surface area (Å²) in [5.74, 6) is 0.634. The predicted molar refractivity (Wildman–Crippen MR) is 71.1 cm³/mol. The van der Waals surface area contributed by atoms with E-state index in [2.05, 4.69) is 0 Å². The van der Waals surface area contributed by atoms with E-state index in [0.717, 1.165) is 16.3 Å². The van der Waals surface area contributed by atoms with Crippen LogP contribution in [0.1, 0.15) is 12.5 Å². The van der Waals surface area contributed by atoms with E-state index in [-0.39, 0.29) is 5.70 Å². The van der Waals surface area contributed by atoms with Crippen LogP contribution in [0.15, 0.2) is 42.1 Å². The molecule has 0 N–H and O–H groups in total. The minimum atomic E-state index is -0.402. The highest BCUT2D eigenvalue weighted by Crippen LogP contribution is 2.29. The van der Waals surface area contributed by atoms with Crippen LogP contribution in [-0.4, -0.2) is 12.0 Å². The molecule has 0 atom stereocenters. The summed E-state index contributed by atoms with van der Waals surface area (Å²) >= 11 is 0. The molecular weight excluding hydrogens is 230 g/mol. The zero-order chi connectivity index (χ0) is 13.1. The second-order valence-corrected chi connectivity index (χ2v) is 3.95. The normalized spacial score (nSPS) is 11.6. The summed E-state index contributed by atoms with van der Waals surface area (Å²) in [5.41, 5.74) is 0.828. The van der Waals surface area contributed by atoms with E-state index < -0.39 is 4.92 Å². The molecular formula is C14H13NO3. The van der Waals surface area contributed by atoms with Gasteiger partial charge >= 0.3 is 0 Å². The fourth-order valence-electron chi connectivity index (χ4n) is 1.86. The molecule has 0 unspecified atom stereocenters. The van der Waals surface area contributed by atoms with Crippen molar-refractivity contribution in [3.63, 3.8) is 0 Å². The van der Waals surface area contributed by atoms with E-state index in [9.17, 15) is 10.1 Å². The molecule has 0 fully saturated rings. The van der Waals surface area contributed by atoms with Gasteiger partial charge in [-0.05, 0) is 16.8 Å². The zero-order valence-corrected chi connectivity index (χ0v) is 10.2. The highest BCUT2D eigenvalue weighted by molar-refractivity contribution is 5.93. The van der Waals surface area contributed by atoms with E-state index in [1.165, 1.54) is 6.92 Å². The molecule has 0 aromatic heterocycles. The fraction of sp³-hybridized carbons (Fsp3) is 0.143. The van der Waals surface area contributed by atoms with Gasteiger partial charge in [0.1, 0.15) is 5.75 Å². The van der Waals surface area contributed by atoms with Crippen molar-refractivity contribution in [3.05, 3.63) is 57.8 Å². The Morgan fingerprint density at radius 1 is 1.28 bits per heavy atom. The van der Waals surface area contributed by atoms with E-state index in [1.54, 1.807) is 13.2 Å². The summed E-state index contributed by atoms with van der Waals surface area (Å²) in [4.78, 5) is 10.3. The third-order valence-corrected chi connectivity index (χ3v) is 2.79. The largest absolute Gasteiger partial charge is 0.496 e. The lowest BCUT2D eigenvalue weighted by Gasteiger charge is -2.08. The topological polar surface area (TPSA) is 52.4 Å². The van der Waals surface area contributed by atoms with Crippen molar-refractivity contribution in [2.24, 2.45) is 0 Å². The van der Waals surface area contributed by atoms with Crippen LogP contribution in [-0.2, 0) is 0 Å². The van der Waals surface area contributed by atoms with Gasteiger partial charge in [-0.1, -0.05) is 30.3 Å². The Kier molecular flexibility index (Phi) is 3.28. The fourth-order valence-corrected chi connectivity index (χ4v) is 1.86. The standard InChI is InChI=1S/C14H13NO3/c1-10(15(16)17)9-13-12-6-4-3-5-11(12)7-8-14(13)18-2/h3-9H,1-2H3/b10-9+. The second kappa shape index (κ2) is 4.87. The quantitative estimate of drug-likeness (QED) is 0.612. The van der Waals surface area contributed by atoms with Crippen molar-refractivity contribution in [1.82, 2.24) is 0 Å². The molecule has 4 nitrogen and oxygen atoms in total. The molecule has 0 aliphatic carbocycles. The van der Waals surface area contributed by atoms with E-state index >= 15 is 0 Å². The van der Waals surface area contributed by atoms with E-state index in [4.69, 9.17) is 4.74 Å². The highest BCUT2D eigenvalue weighted by atomic mass is 16.6. The molecule has 0 aliphatic rings. The van der Waals surface area contributed by atoms with Gasteiger partial charge in [-0.3, -0.25) is 10.1 Å². The van der Waals surface area contributed by atoms with Gasteiger partial charge in [-0.15, -0.1) is 0 Å². The first-order valence-corrected chi connectivity index (χ1v) is 5.52. The molecule has 2 aromatic rings. The SMILES string of the molecule is COc1ccc2ccccc2c1/C=C(\C)[N+](=O)[O-]. The second-order valence-electron chi connectivity index (χ2n) is 3.95. The van der Waals surface area contributed by atoms with Gasteiger partial charge in [0.15, 0.2) is 0 Å². The Bertz CT molecular complexity index is 632. The summed E-state index contributed by atoms with van der Waals surface area (Å²) < 4.78 is 5.27. The lowest BCUT2D eigenvalue weighted by molar-refractivity contribution is -0.422. The van der Waals surface area contributed by atoms with Gasteiger partial charge in [0.05, 0.1) is 12.0 Å². The maximum Gasteiger partial charge on any atom is 0.243 e. The van der Waals surface area contributed by atoms with Gasteiger partial charge in [0.2, 0.25) is 5.70 Å². The number of ether oxygens (including phenoxy) is 1. The number of methoxy groups -OCH3 is 1. The van der Waals surface area contributed by atoms with Crippen LogP contribution >= 0.6 is 0 Å². The average Bonchev–Trinajstić information content (AvgIpc) is 2.39. The van der Waals surface area contributed by atoms with Crippen LogP contribution in [0.3, 0.4) is 0 Å². The first kappa shape index (κ1) is 12.1. The van der Waals surface area contributed by atoms with Crippen molar-refractivity contribution in [3.8, 4) is 5.75 Å². The van der Waals surface area contributed by atoms with Gasteiger partial charge in [-0.25, -0.2) is 0 Å². The van der Waals surface area contributed by atoms with Crippen molar-refractivity contribution >= 4 is 16.8 Å². The molecule has 2 rings (SSSR count). The van der Waals surface area contributed by atoms with Gasteiger partial charge in [0.25, 0.3) is 0 Å². The number of nitro groups is 1. The number of nitrogens with zero attached hydrogens (tertiary/aromatic N) is 1. The Balaban J connectivity index is 2.73. The summed E-state index contributed by atoms with van der Waals surface area (Å²) in [6, 6.07) is 11.5. The maximum absolute atomic E-state index is 10.7. The lowest BCUT2D eigenvalue weighted by atomic mass is 10.0. The van der Waals surface area contributed by atoms with Crippen LogP contribution in [0, 0.1) is 10.1 Å². The Hall–Kier alpha value is -2.36. The number of fused-ring (bicyclic) bond motifs is 1. The number of hydrogen-bond acceptors (Lipinski definition) is 3. The molecule has 0 amide bonds. The Morgan fingerprint density at radius 3 is 2.67 bits per heavy atom. The molecule has 0 spiro atoms. The van der Waals surface area contributed by atoms with Crippen LogP contribution < -0.4 is 4.74 Å². The molecule has 0 saturated heterocycles. The van der Waals surface area contributed by atoms with Crippen molar-refractivity contribution < 1.29 is 9.66 Å². The van der Waals surface area contributed by atoms with Gasteiger partial charge in [-0.2, -0.15) is 0 Å². The minimum absolute atomic E-state index is 0.0876. The molecule has 0 radical (unpaired) electrons.